The number of hydrogen-bond donors (Lipinski definition) is 0. The maximum atomic E-state index is 13.4. The molecule has 0 aliphatic carbocycles. The Hall–Kier alpha value is -3.00. The molecular weight excluding hydrogens is 452 g/mol. The van der Waals surface area contributed by atoms with Gasteiger partial charge in [-0.05, 0) is 62.1 Å². The van der Waals surface area contributed by atoms with Crippen molar-refractivity contribution in [1.82, 2.24) is 9.80 Å². The van der Waals surface area contributed by atoms with Gasteiger partial charge in [-0.1, -0.05) is 18.2 Å². The Morgan fingerprint density at radius 3 is 2.24 bits per heavy atom. The van der Waals surface area contributed by atoms with Gasteiger partial charge < -0.3 is 19.3 Å². The third kappa shape index (κ3) is 5.73. The van der Waals surface area contributed by atoms with Crippen molar-refractivity contribution in [3.8, 4) is 11.5 Å². The number of Topliss-reactive ketones (excluding diaryl/α,β-unsaturated/α-hetero) is 1. The monoisotopic (exact) mass is 482 g/mol. The first-order chi connectivity index (χ1) is 16.6. The van der Waals surface area contributed by atoms with Gasteiger partial charge in [0.15, 0.2) is 5.78 Å². The van der Waals surface area contributed by atoms with E-state index in [0.717, 1.165) is 17.7 Å². The highest BCUT2D eigenvalue weighted by Crippen LogP contribution is 2.27. The lowest BCUT2D eigenvalue weighted by atomic mass is 10.1. The molecule has 0 N–H and O–H groups in total. The lowest BCUT2D eigenvalue weighted by Crippen LogP contribution is -2.51. The number of rotatable bonds is 9. The van der Waals surface area contributed by atoms with Gasteiger partial charge in [-0.15, -0.1) is 11.8 Å². The highest BCUT2D eigenvalue weighted by Gasteiger charge is 2.41. The van der Waals surface area contributed by atoms with Gasteiger partial charge in [-0.3, -0.25) is 14.4 Å². The van der Waals surface area contributed by atoms with Crippen LogP contribution >= 0.6 is 11.8 Å². The van der Waals surface area contributed by atoms with Crippen LogP contribution in [0, 0.1) is 0 Å². The first kappa shape index (κ1) is 24.1. The van der Waals surface area contributed by atoms with Gasteiger partial charge in [0.2, 0.25) is 11.8 Å². The number of benzene rings is 2. The molecule has 0 saturated carbocycles. The molecule has 2 aromatic rings. The number of likely N-dealkylation sites (tertiary alicyclic amines) is 2. The average Bonchev–Trinajstić information content (AvgIpc) is 3.57. The Kier molecular flexibility index (Phi) is 8.11. The van der Waals surface area contributed by atoms with Crippen molar-refractivity contribution in [3.05, 3.63) is 54.6 Å². The number of methoxy groups -OCH3 is 1. The Bertz CT molecular complexity index is 998. The van der Waals surface area contributed by atoms with Crippen LogP contribution in [0.3, 0.4) is 0 Å². The van der Waals surface area contributed by atoms with Crippen LogP contribution in [0.5, 0.6) is 11.5 Å². The molecule has 2 aromatic carbocycles. The molecule has 34 heavy (non-hydrogen) atoms. The van der Waals surface area contributed by atoms with E-state index in [4.69, 9.17) is 9.47 Å². The van der Waals surface area contributed by atoms with Crippen molar-refractivity contribution < 1.29 is 23.9 Å². The summed E-state index contributed by atoms with van der Waals surface area (Å²) in [5.74, 6) is 1.33. The van der Waals surface area contributed by atoms with Crippen molar-refractivity contribution in [1.29, 1.82) is 0 Å². The number of carbonyl (C=O) groups is 3. The molecule has 4 rings (SSSR count). The summed E-state index contributed by atoms with van der Waals surface area (Å²) in [4.78, 5) is 43.6. The number of ketones is 1. The van der Waals surface area contributed by atoms with Crippen molar-refractivity contribution in [3.63, 3.8) is 0 Å². The standard InChI is InChI=1S/C26H30N2O5S/c1-32-19-11-13-20(14-12-19)33-17-24(29)22-9-5-16-28(22)26(31)23-10-6-15-27(23)25(30)18-34-21-7-3-2-4-8-21/h2-4,7-8,11-14,22-23H,5-6,9-10,15-18H2,1H3/t22-,23-/m0/s1. The molecule has 180 valence electrons. The van der Waals surface area contributed by atoms with Crippen LogP contribution in [-0.4, -0.2) is 72.0 Å². The van der Waals surface area contributed by atoms with Crippen LogP contribution in [-0.2, 0) is 14.4 Å². The number of amides is 2. The van der Waals surface area contributed by atoms with Gasteiger partial charge in [0, 0.05) is 18.0 Å². The molecule has 7 nitrogen and oxygen atoms in total. The van der Waals surface area contributed by atoms with E-state index in [1.165, 1.54) is 11.8 Å². The van der Waals surface area contributed by atoms with Crippen LogP contribution in [0.2, 0.25) is 0 Å². The van der Waals surface area contributed by atoms with Crippen LogP contribution in [0.25, 0.3) is 0 Å². The zero-order valence-electron chi connectivity index (χ0n) is 19.4. The Morgan fingerprint density at radius 1 is 0.882 bits per heavy atom. The highest BCUT2D eigenvalue weighted by atomic mass is 32.2. The van der Waals surface area contributed by atoms with Gasteiger partial charge in [0.25, 0.3) is 0 Å². The van der Waals surface area contributed by atoms with E-state index < -0.39 is 12.1 Å². The van der Waals surface area contributed by atoms with Crippen molar-refractivity contribution in [2.75, 3.05) is 32.6 Å². The lowest BCUT2D eigenvalue weighted by molar-refractivity contribution is -0.145. The zero-order chi connectivity index (χ0) is 23.9. The first-order valence-electron chi connectivity index (χ1n) is 11.6. The summed E-state index contributed by atoms with van der Waals surface area (Å²) in [5, 5.41) is 0. The maximum Gasteiger partial charge on any atom is 0.245 e. The molecular formula is C26H30N2O5S. The van der Waals surface area contributed by atoms with E-state index in [-0.39, 0.29) is 24.2 Å². The SMILES string of the molecule is COc1ccc(OCC(=O)[C@@H]2CCCN2C(=O)[C@@H]2CCCN2C(=O)CSc2ccccc2)cc1. The third-order valence-corrected chi connectivity index (χ3v) is 7.31. The molecule has 0 spiro atoms. The predicted octanol–water partition coefficient (Wildman–Crippen LogP) is 3.42. The fraction of sp³-hybridized carbons (Fsp3) is 0.423. The summed E-state index contributed by atoms with van der Waals surface area (Å²) in [6, 6.07) is 15.8. The fourth-order valence-electron chi connectivity index (χ4n) is 4.55. The van der Waals surface area contributed by atoms with Crippen molar-refractivity contribution in [2.24, 2.45) is 0 Å². The Morgan fingerprint density at radius 2 is 1.53 bits per heavy atom. The fourth-order valence-corrected chi connectivity index (χ4v) is 5.35. The Labute approximate surface area is 204 Å². The zero-order valence-corrected chi connectivity index (χ0v) is 20.2. The van der Waals surface area contributed by atoms with E-state index in [1.54, 1.807) is 41.2 Å². The van der Waals surface area contributed by atoms with Crippen molar-refractivity contribution >= 4 is 29.4 Å². The van der Waals surface area contributed by atoms with E-state index >= 15 is 0 Å². The minimum absolute atomic E-state index is 0.0328. The number of thioether (sulfide) groups is 1. The second kappa shape index (κ2) is 11.4. The maximum absolute atomic E-state index is 13.4. The molecule has 2 aliphatic rings. The lowest BCUT2D eigenvalue weighted by Gasteiger charge is -2.31. The van der Waals surface area contributed by atoms with Gasteiger partial charge in [-0.2, -0.15) is 0 Å². The van der Waals surface area contributed by atoms with Crippen molar-refractivity contribution in [2.45, 2.75) is 42.7 Å². The normalized spacial score (nSPS) is 19.8. The summed E-state index contributed by atoms with van der Waals surface area (Å²) in [6.07, 6.45) is 2.84. The summed E-state index contributed by atoms with van der Waals surface area (Å²) in [5.41, 5.74) is 0. The van der Waals surface area contributed by atoms with Crippen LogP contribution in [0.4, 0.5) is 0 Å². The van der Waals surface area contributed by atoms with Crippen LogP contribution in [0.1, 0.15) is 25.7 Å². The van der Waals surface area contributed by atoms with Gasteiger partial charge in [0.05, 0.1) is 18.9 Å². The molecule has 2 amide bonds. The molecule has 2 fully saturated rings. The van der Waals surface area contributed by atoms with E-state index in [9.17, 15) is 14.4 Å². The molecule has 0 radical (unpaired) electrons. The summed E-state index contributed by atoms with van der Waals surface area (Å²) in [6.45, 7) is 1.02. The summed E-state index contributed by atoms with van der Waals surface area (Å²) < 4.78 is 10.8. The molecule has 0 unspecified atom stereocenters. The number of hydrogen-bond acceptors (Lipinski definition) is 6. The second-order valence-electron chi connectivity index (χ2n) is 8.47. The van der Waals surface area contributed by atoms with E-state index in [0.29, 0.717) is 43.2 Å². The minimum atomic E-state index is -0.498. The minimum Gasteiger partial charge on any atom is -0.497 e. The van der Waals surface area contributed by atoms with Crippen LogP contribution in [0.15, 0.2) is 59.5 Å². The molecule has 2 atom stereocenters. The van der Waals surface area contributed by atoms with Gasteiger partial charge >= 0.3 is 0 Å². The first-order valence-corrected chi connectivity index (χ1v) is 12.6. The Balaban J connectivity index is 1.33. The predicted molar refractivity (Wildman–Crippen MR) is 130 cm³/mol. The second-order valence-corrected chi connectivity index (χ2v) is 9.52. The molecule has 2 saturated heterocycles. The summed E-state index contributed by atoms with van der Waals surface area (Å²) in [7, 11) is 1.59. The van der Waals surface area contributed by atoms with Gasteiger partial charge in [0.1, 0.15) is 24.1 Å². The van der Waals surface area contributed by atoms with E-state index in [1.807, 2.05) is 30.3 Å². The number of ether oxygens (including phenoxy) is 2. The average molecular weight is 483 g/mol. The largest absolute Gasteiger partial charge is 0.497 e. The number of carbonyl (C=O) groups excluding carboxylic acids is 3. The van der Waals surface area contributed by atoms with Gasteiger partial charge in [-0.25, -0.2) is 0 Å². The molecule has 2 heterocycles. The molecule has 0 aromatic heterocycles. The number of nitrogens with zero attached hydrogens (tertiary/aromatic N) is 2. The smallest absolute Gasteiger partial charge is 0.245 e. The molecule has 2 aliphatic heterocycles. The topological polar surface area (TPSA) is 76.2 Å². The van der Waals surface area contributed by atoms with E-state index in [2.05, 4.69) is 0 Å². The third-order valence-electron chi connectivity index (χ3n) is 6.31. The molecule has 0 bridgehead atoms. The quantitative estimate of drug-likeness (QED) is 0.510. The summed E-state index contributed by atoms with van der Waals surface area (Å²) >= 11 is 1.48. The van der Waals surface area contributed by atoms with Crippen LogP contribution < -0.4 is 9.47 Å². The molecule has 8 heteroatoms. The highest BCUT2D eigenvalue weighted by molar-refractivity contribution is 8.00.